The Bertz CT molecular complexity index is 373. The summed E-state index contributed by atoms with van der Waals surface area (Å²) < 4.78 is 6.27. The van der Waals surface area contributed by atoms with Gasteiger partial charge in [-0.3, -0.25) is 0 Å². The van der Waals surface area contributed by atoms with Crippen LogP contribution in [0.1, 0.15) is 31.4 Å². The summed E-state index contributed by atoms with van der Waals surface area (Å²) >= 11 is 3.56. The van der Waals surface area contributed by atoms with Crippen molar-refractivity contribution in [2.45, 2.75) is 25.8 Å². The lowest BCUT2D eigenvalue weighted by atomic mass is 10.0. The standard InChI is InChI=1S/C16H27BrN2O/c1-4-9-18-16(8-10-19(2)11-12-20-3)14-6-5-7-15(17)13-14/h5-7,13,16,18H,4,8-12H2,1-3H3. The van der Waals surface area contributed by atoms with Gasteiger partial charge >= 0.3 is 0 Å². The number of likely N-dealkylation sites (N-methyl/N-ethyl adjacent to an activating group) is 1. The third-order valence-corrected chi connectivity index (χ3v) is 3.86. The second kappa shape index (κ2) is 10.3. The zero-order chi connectivity index (χ0) is 14.8. The van der Waals surface area contributed by atoms with Gasteiger partial charge in [-0.05, 0) is 50.7 Å². The number of halogens is 1. The molecular weight excluding hydrogens is 316 g/mol. The molecule has 0 spiro atoms. The maximum atomic E-state index is 5.12. The summed E-state index contributed by atoms with van der Waals surface area (Å²) in [6, 6.07) is 9.01. The van der Waals surface area contributed by atoms with Gasteiger partial charge in [0.15, 0.2) is 0 Å². The van der Waals surface area contributed by atoms with E-state index in [-0.39, 0.29) is 0 Å². The summed E-state index contributed by atoms with van der Waals surface area (Å²) in [6.07, 6.45) is 2.26. The largest absolute Gasteiger partial charge is 0.383 e. The van der Waals surface area contributed by atoms with Crippen LogP contribution >= 0.6 is 15.9 Å². The Labute approximate surface area is 131 Å². The number of nitrogens with one attached hydrogen (secondary N) is 1. The zero-order valence-corrected chi connectivity index (χ0v) is 14.4. The summed E-state index contributed by atoms with van der Waals surface area (Å²) in [6.45, 7) is 6.10. The van der Waals surface area contributed by atoms with Crippen molar-refractivity contribution in [3.8, 4) is 0 Å². The van der Waals surface area contributed by atoms with Crippen LogP contribution in [0.2, 0.25) is 0 Å². The van der Waals surface area contributed by atoms with Crippen LogP contribution < -0.4 is 5.32 Å². The van der Waals surface area contributed by atoms with E-state index >= 15 is 0 Å². The van der Waals surface area contributed by atoms with Gasteiger partial charge in [-0.15, -0.1) is 0 Å². The molecule has 0 aliphatic heterocycles. The van der Waals surface area contributed by atoms with Crippen LogP contribution in [0.25, 0.3) is 0 Å². The lowest BCUT2D eigenvalue weighted by molar-refractivity contribution is 0.158. The molecule has 0 fully saturated rings. The number of nitrogens with zero attached hydrogens (tertiary/aromatic N) is 1. The van der Waals surface area contributed by atoms with Crippen molar-refractivity contribution in [3.63, 3.8) is 0 Å². The molecule has 0 aliphatic carbocycles. The van der Waals surface area contributed by atoms with Gasteiger partial charge in [-0.1, -0.05) is 35.0 Å². The molecule has 1 atom stereocenters. The summed E-state index contributed by atoms with van der Waals surface area (Å²) in [5.74, 6) is 0. The third kappa shape index (κ3) is 6.84. The number of rotatable bonds is 10. The lowest BCUT2D eigenvalue weighted by Gasteiger charge is -2.23. The fraction of sp³-hybridized carbons (Fsp3) is 0.625. The molecule has 0 bridgehead atoms. The molecule has 4 heteroatoms. The van der Waals surface area contributed by atoms with Gasteiger partial charge < -0.3 is 15.0 Å². The molecular formula is C16H27BrN2O. The summed E-state index contributed by atoms with van der Waals surface area (Å²) in [7, 11) is 3.90. The Balaban J connectivity index is 2.55. The van der Waals surface area contributed by atoms with E-state index in [0.717, 1.165) is 43.6 Å². The highest BCUT2D eigenvalue weighted by Crippen LogP contribution is 2.21. The molecule has 1 aromatic carbocycles. The van der Waals surface area contributed by atoms with Crippen LogP contribution in [-0.4, -0.2) is 45.3 Å². The maximum absolute atomic E-state index is 5.12. The topological polar surface area (TPSA) is 24.5 Å². The Kier molecular flexibility index (Phi) is 9.10. The van der Waals surface area contributed by atoms with Crippen LogP contribution in [0.4, 0.5) is 0 Å². The Hall–Kier alpha value is -0.420. The van der Waals surface area contributed by atoms with Crippen molar-refractivity contribution in [2.24, 2.45) is 0 Å². The monoisotopic (exact) mass is 342 g/mol. The van der Waals surface area contributed by atoms with E-state index in [9.17, 15) is 0 Å². The van der Waals surface area contributed by atoms with Crippen LogP contribution in [0.3, 0.4) is 0 Å². The maximum Gasteiger partial charge on any atom is 0.0589 e. The Morgan fingerprint density at radius 2 is 2.15 bits per heavy atom. The molecule has 0 aromatic heterocycles. The SMILES string of the molecule is CCCNC(CCN(C)CCOC)c1cccc(Br)c1. The average molecular weight is 343 g/mol. The number of benzene rings is 1. The van der Waals surface area contributed by atoms with Crippen LogP contribution in [0.5, 0.6) is 0 Å². The van der Waals surface area contributed by atoms with E-state index in [1.54, 1.807) is 7.11 Å². The number of hydrogen-bond donors (Lipinski definition) is 1. The first-order valence-corrected chi connectivity index (χ1v) is 8.13. The fourth-order valence-corrected chi connectivity index (χ4v) is 2.55. The molecule has 0 saturated heterocycles. The Morgan fingerprint density at radius 3 is 2.80 bits per heavy atom. The molecule has 0 heterocycles. The first kappa shape index (κ1) is 17.6. The lowest BCUT2D eigenvalue weighted by Crippen LogP contribution is -2.29. The summed E-state index contributed by atoms with van der Waals surface area (Å²) in [5, 5.41) is 3.65. The minimum absolute atomic E-state index is 0.414. The van der Waals surface area contributed by atoms with Gasteiger partial charge in [0.2, 0.25) is 0 Å². The molecule has 20 heavy (non-hydrogen) atoms. The molecule has 1 rings (SSSR count). The molecule has 1 N–H and O–H groups in total. The van der Waals surface area contributed by atoms with Crippen LogP contribution in [0.15, 0.2) is 28.7 Å². The fourth-order valence-electron chi connectivity index (χ4n) is 2.14. The first-order valence-electron chi connectivity index (χ1n) is 7.33. The van der Waals surface area contributed by atoms with Crippen molar-refractivity contribution in [3.05, 3.63) is 34.3 Å². The summed E-state index contributed by atoms with van der Waals surface area (Å²) in [5.41, 5.74) is 1.35. The van der Waals surface area contributed by atoms with E-state index in [1.165, 1.54) is 5.56 Å². The van der Waals surface area contributed by atoms with Crippen molar-refractivity contribution in [2.75, 3.05) is 40.4 Å². The van der Waals surface area contributed by atoms with Gasteiger partial charge in [0.25, 0.3) is 0 Å². The smallest absolute Gasteiger partial charge is 0.0589 e. The van der Waals surface area contributed by atoms with Gasteiger partial charge in [0, 0.05) is 24.2 Å². The van der Waals surface area contributed by atoms with E-state index in [2.05, 4.69) is 64.4 Å². The van der Waals surface area contributed by atoms with Crippen LogP contribution in [0, 0.1) is 0 Å². The highest BCUT2D eigenvalue weighted by atomic mass is 79.9. The molecule has 1 aromatic rings. The number of hydrogen-bond acceptors (Lipinski definition) is 3. The highest BCUT2D eigenvalue weighted by Gasteiger charge is 2.12. The van der Waals surface area contributed by atoms with Crippen molar-refractivity contribution in [1.82, 2.24) is 10.2 Å². The molecule has 0 aliphatic rings. The molecule has 0 amide bonds. The van der Waals surface area contributed by atoms with E-state index < -0.39 is 0 Å². The average Bonchev–Trinajstić information content (AvgIpc) is 2.45. The van der Waals surface area contributed by atoms with E-state index in [0.29, 0.717) is 6.04 Å². The second-order valence-corrected chi connectivity index (χ2v) is 6.06. The van der Waals surface area contributed by atoms with Gasteiger partial charge in [-0.2, -0.15) is 0 Å². The zero-order valence-electron chi connectivity index (χ0n) is 12.9. The number of methoxy groups -OCH3 is 1. The molecule has 0 saturated carbocycles. The van der Waals surface area contributed by atoms with E-state index in [1.807, 2.05) is 0 Å². The van der Waals surface area contributed by atoms with Gasteiger partial charge in [0.05, 0.1) is 6.61 Å². The van der Waals surface area contributed by atoms with Crippen LogP contribution in [-0.2, 0) is 4.74 Å². The van der Waals surface area contributed by atoms with Crippen molar-refractivity contribution < 1.29 is 4.74 Å². The van der Waals surface area contributed by atoms with Gasteiger partial charge in [-0.25, -0.2) is 0 Å². The quantitative estimate of drug-likeness (QED) is 0.704. The minimum atomic E-state index is 0.414. The molecule has 0 radical (unpaired) electrons. The van der Waals surface area contributed by atoms with Crippen molar-refractivity contribution >= 4 is 15.9 Å². The predicted molar refractivity (Wildman–Crippen MR) is 89.2 cm³/mol. The molecule has 1 unspecified atom stereocenters. The van der Waals surface area contributed by atoms with Crippen molar-refractivity contribution in [1.29, 1.82) is 0 Å². The van der Waals surface area contributed by atoms with E-state index in [4.69, 9.17) is 4.74 Å². The summed E-state index contributed by atoms with van der Waals surface area (Å²) in [4.78, 5) is 2.32. The number of ether oxygens (including phenoxy) is 1. The Morgan fingerprint density at radius 1 is 1.35 bits per heavy atom. The molecule has 3 nitrogen and oxygen atoms in total. The minimum Gasteiger partial charge on any atom is -0.383 e. The van der Waals surface area contributed by atoms with Gasteiger partial charge in [0.1, 0.15) is 0 Å². The first-order chi connectivity index (χ1) is 9.67. The predicted octanol–water partition coefficient (Wildman–Crippen LogP) is 3.46. The third-order valence-electron chi connectivity index (χ3n) is 3.37. The highest BCUT2D eigenvalue weighted by molar-refractivity contribution is 9.10. The normalized spacial score (nSPS) is 12.8. The second-order valence-electron chi connectivity index (χ2n) is 5.15. The molecule has 114 valence electrons.